The van der Waals surface area contributed by atoms with Gasteiger partial charge in [-0.2, -0.15) is 0 Å². The standard InChI is InChI=1S/C12H13F2NO4/c1-19-8(5-11(16)17)6-15-12(18)9-3-2-7(13)4-10(9)14/h2-4,8H,5-6H2,1H3,(H,15,18)(H,16,17). The van der Waals surface area contributed by atoms with Gasteiger partial charge in [-0.25, -0.2) is 8.78 Å². The van der Waals surface area contributed by atoms with Crippen LogP contribution in [0.5, 0.6) is 0 Å². The quantitative estimate of drug-likeness (QED) is 0.816. The minimum atomic E-state index is -1.07. The first-order valence-corrected chi connectivity index (χ1v) is 5.42. The van der Waals surface area contributed by atoms with E-state index in [9.17, 15) is 18.4 Å². The fraction of sp³-hybridized carbons (Fsp3) is 0.333. The summed E-state index contributed by atoms with van der Waals surface area (Å²) < 4.78 is 30.8. The number of carbonyl (C=O) groups is 2. The number of amides is 1. The Kier molecular flexibility index (Phi) is 5.37. The zero-order valence-corrected chi connectivity index (χ0v) is 10.2. The van der Waals surface area contributed by atoms with Crippen LogP contribution in [-0.4, -0.2) is 36.7 Å². The first-order valence-electron chi connectivity index (χ1n) is 5.42. The molecule has 0 aliphatic carbocycles. The first-order chi connectivity index (χ1) is 8.93. The summed E-state index contributed by atoms with van der Waals surface area (Å²) in [4.78, 5) is 22.1. The second-order valence-corrected chi connectivity index (χ2v) is 3.79. The van der Waals surface area contributed by atoms with E-state index in [1.807, 2.05) is 0 Å². The SMILES string of the molecule is COC(CNC(=O)c1ccc(F)cc1F)CC(=O)O. The van der Waals surface area contributed by atoms with Crippen molar-refractivity contribution in [2.45, 2.75) is 12.5 Å². The molecule has 0 aliphatic rings. The number of nitrogens with one attached hydrogen (secondary N) is 1. The van der Waals surface area contributed by atoms with Gasteiger partial charge in [0.05, 0.1) is 18.1 Å². The highest BCUT2D eigenvalue weighted by Gasteiger charge is 2.16. The predicted octanol–water partition coefficient (Wildman–Crippen LogP) is 1.18. The van der Waals surface area contributed by atoms with Crippen molar-refractivity contribution < 1.29 is 28.2 Å². The highest BCUT2D eigenvalue weighted by atomic mass is 19.1. The van der Waals surface area contributed by atoms with E-state index in [4.69, 9.17) is 9.84 Å². The Morgan fingerprint density at radius 2 is 2.11 bits per heavy atom. The van der Waals surface area contributed by atoms with Crippen LogP contribution in [0.25, 0.3) is 0 Å². The Labute approximate surface area is 108 Å². The monoisotopic (exact) mass is 273 g/mol. The van der Waals surface area contributed by atoms with Gasteiger partial charge in [-0.05, 0) is 12.1 Å². The molecule has 1 aromatic carbocycles. The van der Waals surface area contributed by atoms with Crippen LogP contribution < -0.4 is 5.32 Å². The third-order valence-corrected chi connectivity index (χ3v) is 2.40. The fourth-order valence-corrected chi connectivity index (χ4v) is 1.41. The Hall–Kier alpha value is -2.02. The van der Waals surface area contributed by atoms with Gasteiger partial charge in [-0.3, -0.25) is 9.59 Å². The average Bonchev–Trinajstić information content (AvgIpc) is 2.33. The highest BCUT2D eigenvalue weighted by Crippen LogP contribution is 2.09. The number of rotatable bonds is 6. The molecule has 0 bridgehead atoms. The number of hydrogen-bond donors (Lipinski definition) is 2. The third-order valence-electron chi connectivity index (χ3n) is 2.40. The van der Waals surface area contributed by atoms with Crippen molar-refractivity contribution in [1.82, 2.24) is 5.32 Å². The molecule has 0 aliphatic heterocycles. The number of halogens is 2. The maximum atomic E-state index is 13.3. The Balaban J connectivity index is 2.61. The zero-order valence-electron chi connectivity index (χ0n) is 10.2. The topological polar surface area (TPSA) is 75.6 Å². The van der Waals surface area contributed by atoms with Crippen LogP contribution in [0.3, 0.4) is 0 Å². The van der Waals surface area contributed by atoms with Gasteiger partial charge >= 0.3 is 5.97 Å². The second kappa shape index (κ2) is 6.79. The summed E-state index contributed by atoms with van der Waals surface area (Å²) in [5, 5.41) is 10.9. The van der Waals surface area contributed by atoms with Crippen LogP contribution in [0.15, 0.2) is 18.2 Å². The third kappa shape index (κ3) is 4.63. The molecule has 0 radical (unpaired) electrons. The van der Waals surface area contributed by atoms with Crippen LogP contribution in [0.1, 0.15) is 16.8 Å². The minimum absolute atomic E-state index is 0.0849. The number of aliphatic carboxylic acids is 1. The van der Waals surface area contributed by atoms with Crippen molar-refractivity contribution in [3.8, 4) is 0 Å². The van der Waals surface area contributed by atoms with Crippen LogP contribution in [-0.2, 0) is 9.53 Å². The number of carboxylic acids is 1. The van der Waals surface area contributed by atoms with Crippen molar-refractivity contribution in [2.75, 3.05) is 13.7 Å². The fourth-order valence-electron chi connectivity index (χ4n) is 1.41. The molecule has 0 fully saturated rings. The molecule has 7 heteroatoms. The molecule has 1 aromatic rings. The molecule has 1 atom stereocenters. The molecule has 5 nitrogen and oxygen atoms in total. The minimum Gasteiger partial charge on any atom is -0.481 e. The molecular formula is C12H13F2NO4. The lowest BCUT2D eigenvalue weighted by Crippen LogP contribution is -2.34. The van der Waals surface area contributed by atoms with Crippen molar-refractivity contribution in [1.29, 1.82) is 0 Å². The Morgan fingerprint density at radius 3 is 2.63 bits per heavy atom. The zero-order chi connectivity index (χ0) is 14.4. The maximum absolute atomic E-state index is 13.3. The number of carboxylic acid groups (broad SMARTS) is 1. The number of carbonyl (C=O) groups excluding carboxylic acids is 1. The molecule has 1 amide bonds. The lowest BCUT2D eigenvalue weighted by molar-refractivity contribution is -0.139. The normalized spacial score (nSPS) is 11.9. The second-order valence-electron chi connectivity index (χ2n) is 3.79. The summed E-state index contributed by atoms with van der Waals surface area (Å²) in [6.07, 6.45) is -1.01. The van der Waals surface area contributed by atoms with E-state index in [1.165, 1.54) is 7.11 Å². The number of methoxy groups -OCH3 is 1. The number of ether oxygens (including phenoxy) is 1. The summed E-state index contributed by atoms with van der Waals surface area (Å²) in [6, 6.07) is 2.57. The molecule has 1 rings (SSSR count). The predicted molar refractivity (Wildman–Crippen MR) is 61.7 cm³/mol. The number of hydrogen-bond acceptors (Lipinski definition) is 3. The van der Waals surface area contributed by atoms with E-state index in [0.29, 0.717) is 6.07 Å². The summed E-state index contributed by atoms with van der Waals surface area (Å²) >= 11 is 0. The van der Waals surface area contributed by atoms with Crippen LogP contribution in [0.4, 0.5) is 8.78 Å². The average molecular weight is 273 g/mol. The van der Waals surface area contributed by atoms with Crippen molar-refractivity contribution in [3.63, 3.8) is 0 Å². The van der Waals surface area contributed by atoms with Gasteiger partial charge in [0.1, 0.15) is 11.6 Å². The Bertz CT molecular complexity index is 479. The molecule has 0 heterocycles. The smallest absolute Gasteiger partial charge is 0.306 e. The Morgan fingerprint density at radius 1 is 1.42 bits per heavy atom. The molecule has 0 saturated carbocycles. The molecule has 19 heavy (non-hydrogen) atoms. The number of benzene rings is 1. The summed E-state index contributed by atoms with van der Waals surface area (Å²) in [7, 11) is 1.30. The molecule has 2 N–H and O–H groups in total. The van der Waals surface area contributed by atoms with E-state index < -0.39 is 29.6 Å². The molecule has 1 unspecified atom stereocenters. The summed E-state index contributed by atoms with van der Waals surface area (Å²) in [5.74, 6) is -3.60. The summed E-state index contributed by atoms with van der Waals surface area (Å²) in [6.45, 7) is -0.0849. The van der Waals surface area contributed by atoms with Crippen LogP contribution in [0, 0.1) is 11.6 Å². The van der Waals surface area contributed by atoms with Gasteiger partial charge < -0.3 is 15.2 Å². The van der Waals surface area contributed by atoms with Gasteiger partial charge in [-0.15, -0.1) is 0 Å². The van der Waals surface area contributed by atoms with E-state index in [-0.39, 0.29) is 18.5 Å². The first kappa shape index (κ1) is 15.0. The van der Waals surface area contributed by atoms with Gasteiger partial charge in [0.15, 0.2) is 0 Å². The van der Waals surface area contributed by atoms with Gasteiger partial charge in [-0.1, -0.05) is 0 Å². The highest BCUT2D eigenvalue weighted by molar-refractivity contribution is 5.94. The van der Waals surface area contributed by atoms with E-state index in [0.717, 1.165) is 12.1 Å². The maximum Gasteiger partial charge on any atom is 0.306 e. The van der Waals surface area contributed by atoms with Crippen molar-refractivity contribution in [3.05, 3.63) is 35.4 Å². The largest absolute Gasteiger partial charge is 0.481 e. The van der Waals surface area contributed by atoms with Crippen LogP contribution >= 0.6 is 0 Å². The van der Waals surface area contributed by atoms with Gasteiger partial charge in [0, 0.05) is 19.7 Å². The molecule has 0 aromatic heterocycles. The van der Waals surface area contributed by atoms with Crippen LogP contribution in [0.2, 0.25) is 0 Å². The van der Waals surface area contributed by atoms with E-state index >= 15 is 0 Å². The van der Waals surface area contributed by atoms with E-state index in [1.54, 1.807) is 0 Å². The molecule has 104 valence electrons. The lowest BCUT2D eigenvalue weighted by atomic mass is 10.2. The summed E-state index contributed by atoms with van der Waals surface area (Å²) in [5.41, 5.74) is -0.313. The molecule has 0 saturated heterocycles. The van der Waals surface area contributed by atoms with Crippen molar-refractivity contribution in [2.24, 2.45) is 0 Å². The van der Waals surface area contributed by atoms with E-state index in [2.05, 4.69) is 5.32 Å². The molecule has 0 spiro atoms. The van der Waals surface area contributed by atoms with Gasteiger partial charge in [0.25, 0.3) is 5.91 Å². The van der Waals surface area contributed by atoms with Gasteiger partial charge in [0.2, 0.25) is 0 Å². The molecular weight excluding hydrogens is 260 g/mol. The van der Waals surface area contributed by atoms with Crippen molar-refractivity contribution >= 4 is 11.9 Å². The lowest BCUT2D eigenvalue weighted by Gasteiger charge is -2.14.